The molecule has 0 saturated carbocycles. The fourth-order valence-corrected chi connectivity index (χ4v) is 11.0. The summed E-state index contributed by atoms with van der Waals surface area (Å²) in [6.07, 6.45) is 0. The van der Waals surface area contributed by atoms with Gasteiger partial charge in [-0.1, -0.05) is 164 Å². The van der Waals surface area contributed by atoms with Crippen molar-refractivity contribution in [2.45, 2.75) is 0 Å². The fraction of sp³-hybridized carbons (Fsp3) is 0. The Hall–Kier alpha value is -9.39. The molecule has 0 saturated heterocycles. The lowest BCUT2D eigenvalue weighted by Crippen LogP contribution is -2.00. The summed E-state index contributed by atoms with van der Waals surface area (Å²) in [7, 11) is 0. The van der Waals surface area contributed by atoms with Crippen molar-refractivity contribution in [2.75, 3.05) is 0 Å². The Labute approximate surface area is 394 Å². The topological polar surface area (TPSA) is 61.7 Å². The predicted molar refractivity (Wildman–Crippen MR) is 285 cm³/mol. The van der Waals surface area contributed by atoms with Crippen LogP contribution in [0.25, 0.3) is 143 Å². The summed E-state index contributed by atoms with van der Waals surface area (Å²) in [6, 6.07) is 79.8. The molecule has 4 aromatic heterocycles. The van der Waals surface area contributed by atoms with Crippen LogP contribution in [0.3, 0.4) is 0 Å². The Morgan fingerprint density at radius 3 is 1.80 bits per heavy atom. The largest absolute Gasteiger partial charge is 0.455 e. The van der Waals surface area contributed by atoms with E-state index in [0.717, 1.165) is 77.2 Å². The molecule has 15 rings (SSSR count). The molecule has 6 nitrogen and oxygen atoms in total. The molecule has 15 aromatic rings. The van der Waals surface area contributed by atoms with Crippen LogP contribution in [0.15, 0.2) is 229 Å². The second-order valence-corrected chi connectivity index (χ2v) is 18.0. The van der Waals surface area contributed by atoms with Gasteiger partial charge in [0.1, 0.15) is 11.2 Å². The zero-order chi connectivity index (χ0) is 45.2. The summed E-state index contributed by atoms with van der Waals surface area (Å²) in [6.45, 7) is 0. The lowest BCUT2D eigenvalue weighted by atomic mass is 10.0. The lowest BCUT2D eigenvalue weighted by molar-refractivity contribution is 0.670. The van der Waals surface area contributed by atoms with E-state index >= 15 is 0 Å². The van der Waals surface area contributed by atoms with Gasteiger partial charge in [-0.2, -0.15) is 0 Å². The molecule has 0 aliphatic carbocycles. The second kappa shape index (κ2) is 14.6. The first-order valence-electron chi connectivity index (χ1n) is 23.3. The number of fused-ring (bicyclic) bond motifs is 14. The highest BCUT2D eigenvalue weighted by molar-refractivity contribution is 6.23. The van der Waals surface area contributed by atoms with Gasteiger partial charge in [0.15, 0.2) is 17.5 Å². The van der Waals surface area contributed by atoms with Gasteiger partial charge in [-0.25, -0.2) is 15.0 Å². The molecule has 0 aliphatic rings. The Bertz CT molecular complexity index is 4600. The lowest BCUT2D eigenvalue weighted by Gasteiger charge is -2.12. The average molecular weight is 880 g/mol. The molecular formula is C63H37N5O. The fourth-order valence-electron chi connectivity index (χ4n) is 11.0. The molecule has 0 radical (unpaired) electrons. The summed E-state index contributed by atoms with van der Waals surface area (Å²) >= 11 is 0. The van der Waals surface area contributed by atoms with Crippen molar-refractivity contribution >= 4 is 97.9 Å². The van der Waals surface area contributed by atoms with E-state index in [1.54, 1.807) is 0 Å². The molecule has 0 bridgehead atoms. The van der Waals surface area contributed by atoms with E-state index in [1.165, 1.54) is 48.7 Å². The third kappa shape index (κ3) is 5.69. The van der Waals surface area contributed by atoms with Crippen molar-refractivity contribution in [3.63, 3.8) is 0 Å². The number of para-hydroxylation sites is 3. The number of aromatic nitrogens is 5. The minimum atomic E-state index is 0.543. The van der Waals surface area contributed by atoms with Crippen molar-refractivity contribution in [3.8, 4) is 45.5 Å². The Balaban J connectivity index is 0.948. The van der Waals surface area contributed by atoms with E-state index in [2.05, 4.69) is 203 Å². The number of hydrogen-bond acceptors (Lipinski definition) is 4. The van der Waals surface area contributed by atoms with Crippen LogP contribution in [-0.4, -0.2) is 24.1 Å². The summed E-state index contributed by atoms with van der Waals surface area (Å²) in [5.74, 6) is 1.72. The zero-order valence-electron chi connectivity index (χ0n) is 37.0. The third-order valence-corrected chi connectivity index (χ3v) is 14.1. The number of benzene rings is 11. The predicted octanol–water partition coefficient (Wildman–Crippen LogP) is 16.4. The first-order valence-corrected chi connectivity index (χ1v) is 23.3. The average Bonchev–Trinajstić information content (AvgIpc) is 4.08. The molecule has 4 heterocycles. The van der Waals surface area contributed by atoms with Gasteiger partial charge < -0.3 is 13.6 Å². The molecule has 320 valence electrons. The second-order valence-electron chi connectivity index (χ2n) is 18.0. The Kier molecular flexibility index (Phi) is 7.97. The summed E-state index contributed by atoms with van der Waals surface area (Å²) in [5.41, 5.74) is 10.9. The number of hydrogen-bond donors (Lipinski definition) is 0. The van der Waals surface area contributed by atoms with E-state index in [9.17, 15) is 0 Å². The van der Waals surface area contributed by atoms with Crippen LogP contribution in [0.2, 0.25) is 0 Å². The normalized spacial score (nSPS) is 12.1. The van der Waals surface area contributed by atoms with Crippen molar-refractivity contribution in [1.29, 1.82) is 0 Å². The maximum Gasteiger partial charge on any atom is 0.167 e. The molecule has 0 fully saturated rings. The van der Waals surface area contributed by atoms with E-state index in [1.807, 2.05) is 30.3 Å². The van der Waals surface area contributed by atoms with Crippen LogP contribution in [0.1, 0.15) is 0 Å². The van der Waals surface area contributed by atoms with E-state index in [0.29, 0.717) is 17.5 Å². The van der Waals surface area contributed by atoms with Gasteiger partial charge in [0.25, 0.3) is 0 Å². The van der Waals surface area contributed by atoms with Gasteiger partial charge in [0.2, 0.25) is 0 Å². The molecule has 0 atom stereocenters. The van der Waals surface area contributed by atoms with Crippen molar-refractivity contribution in [1.82, 2.24) is 24.1 Å². The molecular weight excluding hydrogens is 843 g/mol. The van der Waals surface area contributed by atoms with Crippen LogP contribution in [0.4, 0.5) is 0 Å². The standard InChI is InChI=1S/C63H37N5O/c1-3-15-40(16-4-1)61-64-62(43-28-31-48-47-22-11-12-25-54(47)67(55(48)36-43)44-19-5-2-6-20-44)66-63(65-61)51-24-13-23-50-58-52-37-45(30-26-39(52)29-33-57(58)69-60(50)51)68-56-35-42-18-8-7-17-41(42)34-53(56)49-32-27-38-14-9-10-21-46(38)59(49)68/h1-37H. The molecule has 11 aromatic carbocycles. The Morgan fingerprint density at radius 2 is 0.942 bits per heavy atom. The Morgan fingerprint density at radius 1 is 0.319 bits per heavy atom. The van der Waals surface area contributed by atoms with E-state index < -0.39 is 0 Å². The maximum absolute atomic E-state index is 6.96. The van der Waals surface area contributed by atoms with Crippen LogP contribution in [0.5, 0.6) is 0 Å². The van der Waals surface area contributed by atoms with Crippen LogP contribution in [-0.2, 0) is 0 Å². The SMILES string of the molecule is c1ccc(-c2nc(-c3ccc4c5ccccc5n(-c5ccccc5)c4c3)nc(-c3cccc4c3oc3ccc5ccc(-n6c7cc8ccccc8cc7c7ccc8ccccc8c76)cc5c34)n2)cc1. The highest BCUT2D eigenvalue weighted by Crippen LogP contribution is 2.43. The minimum Gasteiger partial charge on any atom is -0.455 e. The van der Waals surface area contributed by atoms with Crippen LogP contribution >= 0.6 is 0 Å². The molecule has 0 spiro atoms. The molecule has 0 aliphatic heterocycles. The molecule has 0 N–H and O–H groups in total. The number of nitrogens with zero attached hydrogens (tertiary/aromatic N) is 5. The first kappa shape index (κ1) is 37.8. The quantitative estimate of drug-likeness (QED) is 0.173. The van der Waals surface area contributed by atoms with Gasteiger partial charge >= 0.3 is 0 Å². The summed E-state index contributed by atoms with van der Waals surface area (Å²) in [4.78, 5) is 15.7. The molecule has 0 unspecified atom stereocenters. The molecule has 0 amide bonds. The summed E-state index contributed by atoms with van der Waals surface area (Å²) < 4.78 is 11.7. The van der Waals surface area contributed by atoms with Crippen molar-refractivity contribution in [3.05, 3.63) is 224 Å². The van der Waals surface area contributed by atoms with Gasteiger partial charge in [-0.3, -0.25) is 0 Å². The van der Waals surface area contributed by atoms with Gasteiger partial charge in [-0.05, 0) is 87.6 Å². The monoisotopic (exact) mass is 879 g/mol. The highest BCUT2D eigenvalue weighted by atomic mass is 16.3. The van der Waals surface area contributed by atoms with Gasteiger partial charge in [0, 0.05) is 60.2 Å². The smallest absolute Gasteiger partial charge is 0.167 e. The zero-order valence-corrected chi connectivity index (χ0v) is 37.0. The summed E-state index contributed by atoms with van der Waals surface area (Å²) in [5, 5.41) is 14.0. The minimum absolute atomic E-state index is 0.543. The van der Waals surface area contributed by atoms with Gasteiger partial charge in [-0.15, -0.1) is 0 Å². The van der Waals surface area contributed by atoms with E-state index in [-0.39, 0.29) is 0 Å². The van der Waals surface area contributed by atoms with Crippen LogP contribution in [0, 0.1) is 0 Å². The third-order valence-electron chi connectivity index (χ3n) is 14.1. The highest BCUT2D eigenvalue weighted by Gasteiger charge is 2.22. The maximum atomic E-state index is 6.96. The molecule has 6 heteroatoms. The van der Waals surface area contributed by atoms with E-state index in [4.69, 9.17) is 19.4 Å². The first-order chi connectivity index (χ1) is 34.2. The van der Waals surface area contributed by atoms with Crippen molar-refractivity contribution in [2.24, 2.45) is 0 Å². The van der Waals surface area contributed by atoms with Gasteiger partial charge in [0.05, 0.1) is 27.6 Å². The van der Waals surface area contributed by atoms with Crippen LogP contribution < -0.4 is 0 Å². The number of rotatable bonds is 5. The molecule has 69 heavy (non-hydrogen) atoms. The number of furan rings is 1. The van der Waals surface area contributed by atoms with Crippen molar-refractivity contribution < 1.29 is 4.42 Å².